The van der Waals surface area contributed by atoms with E-state index in [0.717, 1.165) is 5.69 Å². The van der Waals surface area contributed by atoms with Crippen LogP contribution < -0.4 is 10.5 Å². The van der Waals surface area contributed by atoms with Gasteiger partial charge in [-0.05, 0) is 45.4 Å². The second-order valence-electron chi connectivity index (χ2n) is 4.90. The highest BCUT2D eigenvalue weighted by Crippen LogP contribution is 2.21. The van der Waals surface area contributed by atoms with Gasteiger partial charge >= 0.3 is 0 Å². The Morgan fingerprint density at radius 1 is 1.25 bits per heavy atom. The lowest BCUT2D eigenvalue weighted by molar-refractivity contribution is 0.596. The zero-order valence-corrected chi connectivity index (χ0v) is 10.9. The molecule has 0 spiro atoms. The van der Waals surface area contributed by atoms with Crippen molar-refractivity contribution >= 4 is 15.7 Å². The summed E-state index contributed by atoms with van der Waals surface area (Å²) in [5.74, 6) is 0. The van der Waals surface area contributed by atoms with Gasteiger partial charge in [0.2, 0.25) is 10.0 Å². The number of sulfonamides is 1. The average molecular weight is 242 g/mol. The normalized spacial score (nSPS) is 12.6. The highest BCUT2D eigenvalue weighted by molar-refractivity contribution is 7.89. The molecule has 0 bridgehead atoms. The first-order chi connectivity index (χ1) is 7.09. The van der Waals surface area contributed by atoms with Crippen LogP contribution in [0.1, 0.15) is 26.3 Å². The first-order valence-corrected chi connectivity index (χ1v) is 6.56. The standard InChI is InChI=1S/C11H18N2O2S/c1-8-5-6-9(13-11(2,3)4)7-10(8)16(12,14)15/h5-7,13H,1-4H3,(H2,12,14,15). The lowest BCUT2D eigenvalue weighted by atomic mass is 10.1. The van der Waals surface area contributed by atoms with E-state index in [1.807, 2.05) is 26.8 Å². The lowest BCUT2D eigenvalue weighted by Crippen LogP contribution is -2.26. The molecule has 0 aliphatic rings. The van der Waals surface area contributed by atoms with Gasteiger partial charge in [0.15, 0.2) is 0 Å². The van der Waals surface area contributed by atoms with Crippen molar-refractivity contribution in [1.82, 2.24) is 0 Å². The van der Waals surface area contributed by atoms with Crippen LogP contribution in [0.3, 0.4) is 0 Å². The van der Waals surface area contributed by atoms with Crippen LogP contribution in [0.2, 0.25) is 0 Å². The Bertz CT molecular complexity index is 487. The maximum absolute atomic E-state index is 11.3. The molecule has 1 aromatic carbocycles. The number of rotatable bonds is 2. The van der Waals surface area contributed by atoms with Gasteiger partial charge < -0.3 is 5.32 Å². The van der Waals surface area contributed by atoms with E-state index in [0.29, 0.717) is 5.56 Å². The molecule has 1 aromatic rings. The van der Waals surface area contributed by atoms with Crippen molar-refractivity contribution in [3.05, 3.63) is 23.8 Å². The Hall–Kier alpha value is -1.07. The van der Waals surface area contributed by atoms with Crippen molar-refractivity contribution in [1.29, 1.82) is 0 Å². The second kappa shape index (κ2) is 4.07. The number of hydrogen-bond acceptors (Lipinski definition) is 3. The Morgan fingerprint density at radius 2 is 1.81 bits per heavy atom. The monoisotopic (exact) mass is 242 g/mol. The summed E-state index contributed by atoms with van der Waals surface area (Å²) >= 11 is 0. The van der Waals surface area contributed by atoms with Crippen LogP contribution in [0.4, 0.5) is 5.69 Å². The summed E-state index contributed by atoms with van der Waals surface area (Å²) in [6.45, 7) is 7.73. The molecule has 0 heterocycles. The van der Waals surface area contributed by atoms with Crippen LogP contribution >= 0.6 is 0 Å². The van der Waals surface area contributed by atoms with Crippen molar-refractivity contribution in [3.8, 4) is 0 Å². The van der Waals surface area contributed by atoms with E-state index in [1.54, 1.807) is 19.1 Å². The van der Waals surface area contributed by atoms with Gasteiger partial charge in [0.1, 0.15) is 0 Å². The molecule has 1 rings (SSSR count). The minimum atomic E-state index is -3.65. The molecule has 4 nitrogen and oxygen atoms in total. The highest BCUT2D eigenvalue weighted by atomic mass is 32.2. The third kappa shape index (κ3) is 3.50. The molecular weight excluding hydrogens is 224 g/mol. The third-order valence-corrected chi connectivity index (χ3v) is 3.07. The third-order valence-electron chi connectivity index (χ3n) is 2.01. The predicted molar refractivity (Wildman–Crippen MR) is 65.9 cm³/mol. The van der Waals surface area contributed by atoms with E-state index in [-0.39, 0.29) is 10.4 Å². The van der Waals surface area contributed by atoms with Crippen molar-refractivity contribution < 1.29 is 8.42 Å². The zero-order chi connectivity index (χ0) is 12.6. The molecule has 0 radical (unpaired) electrons. The maximum Gasteiger partial charge on any atom is 0.238 e. The van der Waals surface area contributed by atoms with Gasteiger partial charge in [0.05, 0.1) is 4.90 Å². The van der Waals surface area contributed by atoms with Crippen molar-refractivity contribution in [2.75, 3.05) is 5.32 Å². The molecule has 0 atom stereocenters. The van der Waals surface area contributed by atoms with Gasteiger partial charge in [-0.1, -0.05) is 6.07 Å². The number of primary sulfonamides is 1. The molecule has 5 heteroatoms. The van der Waals surface area contributed by atoms with Crippen LogP contribution in [0.15, 0.2) is 23.1 Å². The summed E-state index contributed by atoms with van der Waals surface area (Å²) in [6.07, 6.45) is 0. The molecule has 3 N–H and O–H groups in total. The number of anilines is 1. The van der Waals surface area contributed by atoms with Crippen LogP contribution in [-0.4, -0.2) is 14.0 Å². The quantitative estimate of drug-likeness (QED) is 0.831. The van der Waals surface area contributed by atoms with Crippen molar-refractivity contribution in [2.24, 2.45) is 5.14 Å². The predicted octanol–water partition coefficient (Wildman–Crippen LogP) is 1.85. The molecule has 0 aromatic heterocycles. The minimum Gasteiger partial charge on any atom is -0.380 e. The molecule has 0 unspecified atom stereocenters. The molecule has 0 fully saturated rings. The van der Waals surface area contributed by atoms with Crippen LogP contribution in [-0.2, 0) is 10.0 Å². The zero-order valence-electron chi connectivity index (χ0n) is 10.0. The molecule has 16 heavy (non-hydrogen) atoms. The smallest absolute Gasteiger partial charge is 0.238 e. The second-order valence-corrected chi connectivity index (χ2v) is 6.43. The SMILES string of the molecule is Cc1ccc(NC(C)(C)C)cc1S(N)(=O)=O. The van der Waals surface area contributed by atoms with Crippen LogP contribution in [0, 0.1) is 6.92 Å². The molecule has 0 aliphatic carbocycles. The maximum atomic E-state index is 11.3. The largest absolute Gasteiger partial charge is 0.380 e. The Kier molecular flexibility index (Phi) is 3.30. The van der Waals surface area contributed by atoms with E-state index in [9.17, 15) is 8.42 Å². The summed E-state index contributed by atoms with van der Waals surface area (Å²) in [5.41, 5.74) is 1.29. The van der Waals surface area contributed by atoms with Gasteiger partial charge in [0.25, 0.3) is 0 Å². The van der Waals surface area contributed by atoms with Gasteiger partial charge in [-0.3, -0.25) is 0 Å². The summed E-state index contributed by atoms with van der Waals surface area (Å²) in [4.78, 5) is 0.168. The number of nitrogens with one attached hydrogen (secondary N) is 1. The Labute approximate surface area is 96.9 Å². The van der Waals surface area contributed by atoms with Gasteiger partial charge in [-0.15, -0.1) is 0 Å². The molecular formula is C11H18N2O2S. The number of aryl methyl sites for hydroxylation is 1. The van der Waals surface area contributed by atoms with Gasteiger partial charge in [-0.25, -0.2) is 13.6 Å². The van der Waals surface area contributed by atoms with E-state index >= 15 is 0 Å². The molecule has 90 valence electrons. The average Bonchev–Trinajstić information content (AvgIpc) is 2.04. The molecule has 0 saturated carbocycles. The fourth-order valence-electron chi connectivity index (χ4n) is 1.42. The number of nitrogens with two attached hydrogens (primary N) is 1. The van der Waals surface area contributed by atoms with E-state index in [1.165, 1.54) is 0 Å². The topological polar surface area (TPSA) is 72.2 Å². The number of benzene rings is 1. The first kappa shape index (κ1) is 13.0. The summed E-state index contributed by atoms with van der Waals surface area (Å²) in [6, 6.07) is 5.15. The van der Waals surface area contributed by atoms with Crippen LogP contribution in [0.25, 0.3) is 0 Å². The van der Waals surface area contributed by atoms with Gasteiger partial charge in [-0.2, -0.15) is 0 Å². The summed E-state index contributed by atoms with van der Waals surface area (Å²) in [7, 11) is -3.65. The first-order valence-electron chi connectivity index (χ1n) is 5.01. The van der Waals surface area contributed by atoms with Crippen LogP contribution in [0.5, 0.6) is 0 Å². The summed E-state index contributed by atoms with van der Waals surface area (Å²) in [5, 5.41) is 8.34. The van der Waals surface area contributed by atoms with E-state index < -0.39 is 10.0 Å². The van der Waals surface area contributed by atoms with E-state index in [2.05, 4.69) is 5.32 Å². The Balaban J connectivity index is 3.19. The lowest BCUT2D eigenvalue weighted by Gasteiger charge is -2.22. The molecule has 0 aliphatic heterocycles. The van der Waals surface area contributed by atoms with Crippen molar-refractivity contribution in [3.63, 3.8) is 0 Å². The minimum absolute atomic E-state index is 0.120. The van der Waals surface area contributed by atoms with Crippen molar-refractivity contribution in [2.45, 2.75) is 38.1 Å². The highest BCUT2D eigenvalue weighted by Gasteiger charge is 2.14. The Morgan fingerprint density at radius 3 is 2.25 bits per heavy atom. The summed E-state index contributed by atoms with van der Waals surface area (Å²) < 4.78 is 22.6. The fourth-order valence-corrected chi connectivity index (χ4v) is 2.23. The fraction of sp³-hybridized carbons (Fsp3) is 0.455. The molecule has 0 amide bonds. The molecule has 0 saturated heterocycles. The van der Waals surface area contributed by atoms with E-state index in [4.69, 9.17) is 5.14 Å². The number of hydrogen-bond donors (Lipinski definition) is 2. The van der Waals surface area contributed by atoms with Gasteiger partial charge in [0, 0.05) is 11.2 Å².